The van der Waals surface area contributed by atoms with E-state index in [0.29, 0.717) is 0 Å². The molecule has 0 heterocycles. The van der Waals surface area contributed by atoms with E-state index in [1.165, 1.54) is 0 Å². The summed E-state index contributed by atoms with van der Waals surface area (Å²) in [6.45, 7) is 5.69. The van der Waals surface area contributed by atoms with Crippen LogP contribution in [-0.4, -0.2) is 4.92 Å². The molecule has 0 saturated carbocycles. The van der Waals surface area contributed by atoms with Gasteiger partial charge in [0, 0.05) is 11.1 Å². The molecule has 0 aliphatic rings. The third-order valence-corrected chi connectivity index (χ3v) is 2.07. The molecule has 3 nitrogen and oxygen atoms in total. The van der Waals surface area contributed by atoms with Crippen molar-refractivity contribution < 1.29 is 4.92 Å². The van der Waals surface area contributed by atoms with Crippen molar-refractivity contribution in [2.75, 3.05) is 0 Å². The minimum atomic E-state index is -0.301. The van der Waals surface area contributed by atoms with Crippen molar-refractivity contribution in [2.45, 2.75) is 26.7 Å². The second-order valence-electron chi connectivity index (χ2n) is 3.42. The monoisotopic (exact) mass is 179 g/mol. The number of rotatable bonds is 2. The Morgan fingerprint density at radius 2 is 2.00 bits per heavy atom. The first-order chi connectivity index (χ1) is 6.04. The second-order valence-corrected chi connectivity index (χ2v) is 3.42. The van der Waals surface area contributed by atoms with Gasteiger partial charge in [-0.05, 0) is 12.8 Å². The van der Waals surface area contributed by atoms with Crippen LogP contribution in [0.3, 0.4) is 0 Å². The van der Waals surface area contributed by atoms with Gasteiger partial charge in [-0.1, -0.05) is 32.0 Å². The molecule has 0 atom stereocenters. The standard InChI is InChI=1S/C10H13NO2/c1-7(2)9-6-4-5-8(3)10(9)11(12)13/h4-7H,1-3H3. The average Bonchev–Trinajstić information content (AvgIpc) is 2.02. The van der Waals surface area contributed by atoms with E-state index in [1.54, 1.807) is 13.0 Å². The fourth-order valence-corrected chi connectivity index (χ4v) is 1.40. The summed E-state index contributed by atoms with van der Waals surface area (Å²) in [6, 6.07) is 5.44. The van der Waals surface area contributed by atoms with Crippen molar-refractivity contribution >= 4 is 5.69 Å². The van der Waals surface area contributed by atoms with Crippen molar-refractivity contribution in [2.24, 2.45) is 0 Å². The minimum absolute atomic E-state index is 0.195. The molecule has 0 unspecified atom stereocenters. The number of benzene rings is 1. The molecule has 0 aromatic heterocycles. The summed E-state index contributed by atoms with van der Waals surface area (Å²) in [6.07, 6.45) is 0. The number of nitro groups is 1. The number of para-hydroxylation sites is 1. The predicted octanol–water partition coefficient (Wildman–Crippen LogP) is 3.03. The van der Waals surface area contributed by atoms with Gasteiger partial charge in [-0.3, -0.25) is 10.1 Å². The lowest BCUT2D eigenvalue weighted by molar-refractivity contribution is -0.386. The number of hydrogen-bond acceptors (Lipinski definition) is 2. The van der Waals surface area contributed by atoms with Crippen molar-refractivity contribution in [1.29, 1.82) is 0 Å². The molecule has 0 fully saturated rings. The highest BCUT2D eigenvalue weighted by Gasteiger charge is 2.18. The van der Waals surface area contributed by atoms with E-state index in [1.807, 2.05) is 26.0 Å². The predicted molar refractivity (Wildman–Crippen MR) is 51.9 cm³/mol. The molecule has 70 valence electrons. The van der Waals surface area contributed by atoms with E-state index in [4.69, 9.17) is 0 Å². The van der Waals surface area contributed by atoms with Gasteiger partial charge in [-0.25, -0.2) is 0 Å². The first-order valence-corrected chi connectivity index (χ1v) is 4.28. The number of hydrogen-bond donors (Lipinski definition) is 0. The van der Waals surface area contributed by atoms with Crippen molar-refractivity contribution in [3.8, 4) is 0 Å². The van der Waals surface area contributed by atoms with E-state index < -0.39 is 0 Å². The molecule has 1 aromatic rings. The summed E-state index contributed by atoms with van der Waals surface area (Å²) >= 11 is 0. The molecule has 0 spiro atoms. The van der Waals surface area contributed by atoms with Gasteiger partial charge in [0.15, 0.2) is 0 Å². The summed E-state index contributed by atoms with van der Waals surface area (Å²) in [4.78, 5) is 10.5. The molecule has 13 heavy (non-hydrogen) atoms. The van der Waals surface area contributed by atoms with Gasteiger partial charge >= 0.3 is 0 Å². The first-order valence-electron chi connectivity index (χ1n) is 4.28. The smallest absolute Gasteiger partial charge is 0.258 e. The van der Waals surface area contributed by atoms with Crippen LogP contribution in [0.25, 0.3) is 0 Å². The zero-order chi connectivity index (χ0) is 10.0. The Labute approximate surface area is 77.5 Å². The normalized spacial score (nSPS) is 10.5. The molecule has 1 rings (SSSR count). The lowest BCUT2D eigenvalue weighted by Crippen LogP contribution is -1.99. The molecule has 0 amide bonds. The van der Waals surface area contributed by atoms with Crippen molar-refractivity contribution in [3.05, 3.63) is 39.4 Å². The highest BCUT2D eigenvalue weighted by molar-refractivity contribution is 5.48. The molecule has 0 saturated heterocycles. The Morgan fingerprint density at radius 1 is 1.38 bits per heavy atom. The Bertz CT molecular complexity index is 332. The van der Waals surface area contributed by atoms with Gasteiger partial charge in [-0.15, -0.1) is 0 Å². The number of aryl methyl sites for hydroxylation is 1. The van der Waals surface area contributed by atoms with Gasteiger partial charge in [0.05, 0.1) is 4.92 Å². The van der Waals surface area contributed by atoms with E-state index >= 15 is 0 Å². The molecule has 0 radical (unpaired) electrons. The highest BCUT2D eigenvalue weighted by atomic mass is 16.6. The maximum absolute atomic E-state index is 10.8. The van der Waals surface area contributed by atoms with Gasteiger partial charge in [0.1, 0.15) is 0 Å². The van der Waals surface area contributed by atoms with E-state index in [9.17, 15) is 10.1 Å². The number of nitro benzene ring substituents is 1. The van der Waals surface area contributed by atoms with Crippen molar-refractivity contribution in [3.63, 3.8) is 0 Å². The number of nitrogens with zero attached hydrogens (tertiary/aromatic N) is 1. The topological polar surface area (TPSA) is 43.1 Å². The summed E-state index contributed by atoms with van der Waals surface area (Å²) in [5.41, 5.74) is 1.80. The van der Waals surface area contributed by atoms with Crippen LogP contribution in [0.2, 0.25) is 0 Å². The SMILES string of the molecule is Cc1cccc(C(C)C)c1[N+](=O)[O-]. The molecule has 0 aliphatic heterocycles. The molecule has 0 aliphatic carbocycles. The van der Waals surface area contributed by atoms with Crippen LogP contribution >= 0.6 is 0 Å². The molecular formula is C10H13NO2. The third kappa shape index (κ3) is 1.86. The molecule has 1 aromatic carbocycles. The fraction of sp³-hybridized carbons (Fsp3) is 0.400. The van der Waals surface area contributed by atoms with Crippen LogP contribution in [0.5, 0.6) is 0 Å². The Morgan fingerprint density at radius 3 is 2.38 bits per heavy atom. The van der Waals surface area contributed by atoms with Crippen LogP contribution in [0, 0.1) is 17.0 Å². The van der Waals surface area contributed by atoms with Gasteiger partial charge < -0.3 is 0 Å². The third-order valence-electron chi connectivity index (χ3n) is 2.07. The summed E-state index contributed by atoms with van der Waals surface area (Å²) in [5.74, 6) is 0.195. The molecule has 0 bridgehead atoms. The van der Waals surface area contributed by atoms with Crippen LogP contribution < -0.4 is 0 Å². The fourth-order valence-electron chi connectivity index (χ4n) is 1.40. The summed E-state index contributed by atoms with van der Waals surface area (Å²) < 4.78 is 0. The maximum atomic E-state index is 10.8. The Kier molecular flexibility index (Phi) is 2.66. The van der Waals surface area contributed by atoms with E-state index in [2.05, 4.69) is 0 Å². The summed E-state index contributed by atoms with van der Waals surface area (Å²) in [7, 11) is 0. The van der Waals surface area contributed by atoms with E-state index in [-0.39, 0.29) is 16.5 Å². The maximum Gasteiger partial charge on any atom is 0.275 e. The molecular weight excluding hydrogens is 166 g/mol. The Hall–Kier alpha value is -1.38. The van der Waals surface area contributed by atoms with E-state index in [0.717, 1.165) is 11.1 Å². The zero-order valence-corrected chi connectivity index (χ0v) is 8.07. The van der Waals surface area contributed by atoms with Crippen LogP contribution in [-0.2, 0) is 0 Å². The molecule has 3 heteroatoms. The van der Waals surface area contributed by atoms with Gasteiger partial charge in [-0.2, -0.15) is 0 Å². The largest absolute Gasteiger partial charge is 0.275 e. The van der Waals surface area contributed by atoms with Crippen LogP contribution in [0.15, 0.2) is 18.2 Å². The Balaban J connectivity index is 3.34. The first kappa shape index (κ1) is 9.71. The summed E-state index contributed by atoms with van der Waals surface area (Å²) in [5, 5.41) is 10.8. The van der Waals surface area contributed by atoms with Crippen molar-refractivity contribution in [1.82, 2.24) is 0 Å². The van der Waals surface area contributed by atoms with Gasteiger partial charge in [0.2, 0.25) is 0 Å². The minimum Gasteiger partial charge on any atom is -0.258 e. The van der Waals surface area contributed by atoms with Crippen LogP contribution in [0.1, 0.15) is 30.9 Å². The highest BCUT2D eigenvalue weighted by Crippen LogP contribution is 2.28. The molecule has 0 N–H and O–H groups in total. The van der Waals surface area contributed by atoms with Gasteiger partial charge in [0.25, 0.3) is 5.69 Å². The van der Waals surface area contributed by atoms with Crippen LogP contribution in [0.4, 0.5) is 5.69 Å². The quantitative estimate of drug-likeness (QED) is 0.517. The second kappa shape index (κ2) is 3.56. The lowest BCUT2D eigenvalue weighted by atomic mass is 9.99. The average molecular weight is 179 g/mol. The zero-order valence-electron chi connectivity index (χ0n) is 8.07. The lowest BCUT2D eigenvalue weighted by Gasteiger charge is -2.07.